The Bertz CT molecular complexity index is 811. The monoisotopic (exact) mass is 502 g/mol. The van der Waals surface area contributed by atoms with Gasteiger partial charge in [-0.15, -0.1) is 11.3 Å². The van der Waals surface area contributed by atoms with Gasteiger partial charge in [-0.05, 0) is 61.9 Å². The Morgan fingerprint density at radius 1 is 1.43 bits per heavy atom. The highest BCUT2D eigenvalue weighted by Crippen LogP contribution is 2.44. The quantitative estimate of drug-likeness (QED) is 0.573. The second-order valence-electron chi connectivity index (χ2n) is 8.43. The number of carbonyl (C=O) groups excluding carboxylic acids is 3. The lowest BCUT2D eigenvalue weighted by atomic mass is 10.1. The number of hydrazine groups is 1. The smallest absolute Gasteiger partial charge is 0.408 e. The molecule has 1 aliphatic carbocycles. The molecule has 11 heteroatoms. The normalized spacial score (nSPS) is 23.9. The summed E-state index contributed by atoms with van der Waals surface area (Å²) in [5.41, 5.74) is 2.32. The summed E-state index contributed by atoms with van der Waals surface area (Å²) in [4.78, 5) is 42.3. The van der Waals surface area contributed by atoms with Crippen LogP contribution in [0.3, 0.4) is 0 Å². The molecule has 0 bridgehead atoms. The minimum Gasteiger partial charge on any atom is -0.465 e. The number of nitrogens with one attached hydrogen (secondary N) is 2. The molecular weight excluding hydrogens is 476 g/mol. The number of ether oxygens (including phenoxy) is 2. The molecular formula is C19H27BrN4O5S. The van der Waals surface area contributed by atoms with E-state index in [0.717, 1.165) is 6.42 Å². The molecule has 9 nitrogen and oxygen atoms in total. The molecule has 1 aliphatic heterocycles. The van der Waals surface area contributed by atoms with E-state index in [0.29, 0.717) is 16.2 Å². The van der Waals surface area contributed by atoms with E-state index in [9.17, 15) is 14.4 Å². The number of hydrogen-bond acceptors (Lipinski definition) is 8. The number of rotatable bonds is 6. The van der Waals surface area contributed by atoms with Crippen LogP contribution in [0.1, 0.15) is 39.1 Å². The summed E-state index contributed by atoms with van der Waals surface area (Å²) in [7, 11) is 0. The number of amides is 2. The van der Waals surface area contributed by atoms with Gasteiger partial charge in [0.25, 0.3) is 5.91 Å². The molecule has 3 rings (SSSR count). The van der Waals surface area contributed by atoms with Crippen molar-refractivity contribution in [3.05, 3.63) is 15.0 Å². The standard InChI is InChI=1S/C19H27BrN4O5S/c1-5-28-17(26)15-11-6-10(11)8-24(23-15)16(25)12(7-14-22-13(20)9-30-14)21-18(27)29-19(2,3)4/h9-12,15,23H,5-8H2,1-4H3,(H,21,27)/t10?,11?,12-,15+/m0/s1. The van der Waals surface area contributed by atoms with Crippen LogP contribution in [-0.2, 0) is 25.5 Å². The summed E-state index contributed by atoms with van der Waals surface area (Å²) in [6.45, 7) is 7.78. The number of nitrogens with zero attached hydrogens (tertiary/aromatic N) is 2. The fourth-order valence-electron chi connectivity index (χ4n) is 3.45. The van der Waals surface area contributed by atoms with Crippen LogP contribution in [0.4, 0.5) is 4.79 Å². The second-order valence-corrected chi connectivity index (χ2v) is 10.2. The van der Waals surface area contributed by atoms with Crippen LogP contribution in [0, 0.1) is 11.8 Å². The van der Waals surface area contributed by atoms with E-state index in [1.165, 1.54) is 16.3 Å². The largest absolute Gasteiger partial charge is 0.465 e. The molecule has 2 fully saturated rings. The van der Waals surface area contributed by atoms with Crippen LogP contribution in [0.2, 0.25) is 0 Å². The minimum atomic E-state index is -0.886. The van der Waals surface area contributed by atoms with Crippen molar-refractivity contribution >= 4 is 45.2 Å². The van der Waals surface area contributed by atoms with Gasteiger partial charge in [-0.3, -0.25) is 14.6 Å². The highest BCUT2D eigenvalue weighted by molar-refractivity contribution is 9.10. The first-order chi connectivity index (χ1) is 14.1. The zero-order valence-electron chi connectivity index (χ0n) is 17.4. The summed E-state index contributed by atoms with van der Waals surface area (Å²) in [5, 5.41) is 6.61. The van der Waals surface area contributed by atoms with Gasteiger partial charge in [0.2, 0.25) is 0 Å². The Balaban J connectivity index is 1.73. The van der Waals surface area contributed by atoms with Crippen LogP contribution in [0.5, 0.6) is 0 Å². The zero-order chi connectivity index (χ0) is 22.1. The highest BCUT2D eigenvalue weighted by atomic mass is 79.9. The predicted octanol–water partition coefficient (Wildman–Crippen LogP) is 2.26. The molecule has 1 aromatic rings. The third-order valence-corrected chi connectivity index (χ3v) is 6.40. The molecule has 0 aromatic carbocycles. The second kappa shape index (κ2) is 9.19. The van der Waals surface area contributed by atoms with Gasteiger partial charge in [-0.2, -0.15) is 0 Å². The number of hydrogen-bond donors (Lipinski definition) is 2. The maximum Gasteiger partial charge on any atom is 0.408 e. The van der Waals surface area contributed by atoms with Crippen molar-refractivity contribution < 1.29 is 23.9 Å². The van der Waals surface area contributed by atoms with E-state index >= 15 is 0 Å². The van der Waals surface area contributed by atoms with Crippen molar-refractivity contribution in [3.8, 4) is 0 Å². The maximum atomic E-state index is 13.3. The zero-order valence-corrected chi connectivity index (χ0v) is 19.8. The first-order valence-corrected chi connectivity index (χ1v) is 11.6. The van der Waals surface area contributed by atoms with Crippen LogP contribution in [0.25, 0.3) is 0 Å². The molecule has 2 heterocycles. The summed E-state index contributed by atoms with van der Waals surface area (Å²) in [6, 6.07) is -1.44. The Hall–Kier alpha value is -1.72. The predicted molar refractivity (Wildman–Crippen MR) is 114 cm³/mol. The van der Waals surface area contributed by atoms with Crippen LogP contribution in [-0.4, -0.2) is 58.8 Å². The van der Waals surface area contributed by atoms with Gasteiger partial charge in [0.05, 0.1) is 11.6 Å². The molecule has 2 N–H and O–H groups in total. The van der Waals surface area contributed by atoms with Crippen LogP contribution >= 0.6 is 27.3 Å². The van der Waals surface area contributed by atoms with Crippen molar-refractivity contribution in [1.82, 2.24) is 20.7 Å². The average molecular weight is 503 g/mol. The Morgan fingerprint density at radius 3 is 2.77 bits per heavy atom. The topological polar surface area (TPSA) is 110 Å². The van der Waals surface area contributed by atoms with Gasteiger partial charge in [0.1, 0.15) is 22.3 Å². The van der Waals surface area contributed by atoms with Gasteiger partial charge in [-0.1, -0.05) is 0 Å². The van der Waals surface area contributed by atoms with E-state index < -0.39 is 23.8 Å². The van der Waals surface area contributed by atoms with E-state index in [4.69, 9.17) is 9.47 Å². The minimum absolute atomic E-state index is 0.181. The van der Waals surface area contributed by atoms with Gasteiger partial charge >= 0.3 is 12.1 Å². The molecule has 2 aliphatic rings. The fraction of sp³-hybridized carbons (Fsp3) is 0.684. The highest BCUT2D eigenvalue weighted by Gasteiger charge is 2.53. The molecule has 166 valence electrons. The van der Waals surface area contributed by atoms with Crippen molar-refractivity contribution in [3.63, 3.8) is 0 Å². The fourth-order valence-corrected chi connectivity index (χ4v) is 4.76. The third kappa shape index (κ3) is 5.92. The number of carbonyl (C=O) groups is 3. The summed E-state index contributed by atoms with van der Waals surface area (Å²) in [6.07, 6.45) is 0.397. The van der Waals surface area contributed by atoms with Crippen LogP contribution in [0.15, 0.2) is 9.98 Å². The number of esters is 1. The lowest BCUT2D eigenvalue weighted by Crippen LogP contribution is -2.61. The summed E-state index contributed by atoms with van der Waals surface area (Å²) < 4.78 is 11.1. The Labute approximate surface area is 188 Å². The number of alkyl carbamates (subject to hydrolysis) is 1. The van der Waals surface area contributed by atoms with E-state index in [2.05, 4.69) is 31.7 Å². The van der Waals surface area contributed by atoms with E-state index in [1.807, 2.05) is 5.38 Å². The SMILES string of the molecule is CCOC(=O)[C@@H]1NN(C(=O)[C@H](Cc2nc(Br)cs2)NC(=O)OC(C)(C)C)CC2CC21. The number of fused-ring (bicyclic) bond motifs is 1. The Kier molecular flexibility index (Phi) is 7.03. The molecule has 1 saturated heterocycles. The molecule has 2 amide bonds. The van der Waals surface area contributed by atoms with E-state index in [1.54, 1.807) is 27.7 Å². The van der Waals surface area contributed by atoms with Crippen molar-refractivity contribution in [2.45, 2.75) is 58.2 Å². The molecule has 30 heavy (non-hydrogen) atoms. The van der Waals surface area contributed by atoms with Gasteiger partial charge in [-0.25, -0.2) is 15.2 Å². The first-order valence-electron chi connectivity index (χ1n) is 9.91. The van der Waals surface area contributed by atoms with Gasteiger partial charge in [0.15, 0.2) is 0 Å². The summed E-state index contributed by atoms with van der Waals surface area (Å²) >= 11 is 4.69. The van der Waals surface area contributed by atoms with Crippen molar-refractivity contribution in [2.24, 2.45) is 11.8 Å². The maximum absolute atomic E-state index is 13.3. The van der Waals surface area contributed by atoms with Crippen LogP contribution < -0.4 is 10.7 Å². The molecule has 2 unspecified atom stereocenters. The van der Waals surface area contributed by atoms with Crippen molar-refractivity contribution in [2.75, 3.05) is 13.2 Å². The lowest BCUT2D eigenvalue weighted by Gasteiger charge is -2.34. The number of thiazole rings is 1. The molecule has 0 radical (unpaired) electrons. The number of halogens is 1. The lowest BCUT2D eigenvalue weighted by molar-refractivity contribution is -0.152. The summed E-state index contributed by atoms with van der Waals surface area (Å²) in [5.74, 6) is -0.268. The molecule has 1 aromatic heterocycles. The van der Waals surface area contributed by atoms with E-state index in [-0.39, 0.29) is 36.7 Å². The molecule has 1 saturated carbocycles. The molecule has 4 atom stereocenters. The number of aromatic nitrogens is 1. The average Bonchev–Trinajstić information content (AvgIpc) is 3.32. The van der Waals surface area contributed by atoms with Gasteiger partial charge in [0, 0.05) is 18.3 Å². The van der Waals surface area contributed by atoms with Gasteiger partial charge < -0.3 is 14.8 Å². The first kappa shape index (κ1) is 23.0. The third-order valence-electron chi connectivity index (χ3n) is 4.82. The molecule has 0 spiro atoms. The Morgan fingerprint density at radius 2 is 2.17 bits per heavy atom. The van der Waals surface area contributed by atoms with Crippen molar-refractivity contribution in [1.29, 1.82) is 0 Å².